The van der Waals surface area contributed by atoms with Crippen molar-refractivity contribution >= 4 is 17.5 Å². The molecule has 122 valence electrons. The first-order valence-electron chi connectivity index (χ1n) is 7.97. The van der Waals surface area contributed by atoms with Crippen LogP contribution in [0.2, 0.25) is 5.02 Å². The van der Waals surface area contributed by atoms with Gasteiger partial charge in [0, 0.05) is 11.6 Å². The topological polar surface area (TPSA) is 47.6 Å². The molecule has 0 aliphatic heterocycles. The Morgan fingerprint density at radius 2 is 2.05 bits per heavy atom. The quantitative estimate of drug-likeness (QED) is 0.852. The Morgan fingerprint density at radius 1 is 1.32 bits per heavy atom. The van der Waals surface area contributed by atoms with Crippen LogP contribution in [0.3, 0.4) is 0 Å². The smallest absolute Gasteiger partial charge is 0.251 e. The SMILES string of the molecule is CCCOc1c(Cl)cc(C(=O)NC2CCCCC2)cc1OC. The third-order valence-corrected chi connectivity index (χ3v) is 4.16. The van der Waals surface area contributed by atoms with Crippen molar-refractivity contribution in [1.82, 2.24) is 5.32 Å². The van der Waals surface area contributed by atoms with Crippen LogP contribution >= 0.6 is 11.6 Å². The van der Waals surface area contributed by atoms with Gasteiger partial charge in [0.15, 0.2) is 11.5 Å². The standard InChI is InChI=1S/C17H24ClNO3/c1-3-9-22-16-14(18)10-12(11-15(16)21-2)17(20)19-13-7-5-4-6-8-13/h10-11,13H,3-9H2,1-2H3,(H,19,20). The molecule has 0 saturated heterocycles. The predicted octanol–water partition coefficient (Wildman–Crippen LogP) is 4.20. The second kappa shape index (κ2) is 8.28. The van der Waals surface area contributed by atoms with E-state index in [1.54, 1.807) is 19.2 Å². The van der Waals surface area contributed by atoms with Gasteiger partial charge in [0.05, 0.1) is 18.7 Å². The predicted molar refractivity (Wildman–Crippen MR) is 88.1 cm³/mol. The molecule has 1 amide bonds. The van der Waals surface area contributed by atoms with Crippen molar-refractivity contribution in [3.05, 3.63) is 22.7 Å². The van der Waals surface area contributed by atoms with Crippen molar-refractivity contribution in [3.63, 3.8) is 0 Å². The summed E-state index contributed by atoms with van der Waals surface area (Å²) in [5.74, 6) is 0.893. The van der Waals surface area contributed by atoms with Crippen molar-refractivity contribution in [2.45, 2.75) is 51.5 Å². The summed E-state index contributed by atoms with van der Waals surface area (Å²) in [6.07, 6.45) is 6.60. The summed E-state index contributed by atoms with van der Waals surface area (Å²) >= 11 is 6.25. The van der Waals surface area contributed by atoms with Crippen LogP contribution in [0.25, 0.3) is 0 Å². The van der Waals surface area contributed by atoms with Crippen molar-refractivity contribution in [2.24, 2.45) is 0 Å². The average molecular weight is 326 g/mol. The number of methoxy groups -OCH3 is 1. The van der Waals surface area contributed by atoms with Crippen molar-refractivity contribution in [3.8, 4) is 11.5 Å². The van der Waals surface area contributed by atoms with Crippen molar-refractivity contribution in [2.75, 3.05) is 13.7 Å². The fourth-order valence-electron chi connectivity index (χ4n) is 2.71. The lowest BCUT2D eigenvalue weighted by atomic mass is 9.95. The molecular weight excluding hydrogens is 302 g/mol. The van der Waals surface area contributed by atoms with Crippen LogP contribution in [0.4, 0.5) is 0 Å². The molecule has 0 atom stereocenters. The van der Waals surface area contributed by atoms with Gasteiger partial charge in [0.25, 0.3) is 5.91 Å². The second-order valence-electron chi connectivity index (χ2n) is 5.65. The monoisotopic (exact) mass is 325 g/mol. The Labute approximate surface area is 137 Å². The van der Waals surface area contributed by atoms with Crippen LogP contribution in [0.1, 0.15) is 55.8 Å². The molecule has 4 nitrogen and oxygen atoms in total. The maximum absolute atomic E-state index is 12.4. The highest BCUT2D eigenvalue weighted by molar-refractivity contribution is 6.32. The molecule has 0 radical (unpaired) electrons. The van der Waals surface area contributed by atoms with E-state index >= 15 is 0 Å². The Hall–Kier alpha value is -1.42. The van der Waals surface area contributed by atoms with Crippen LogP contribution in [0.5, 0.6) is 11.5 Å². The number of carbonyl (C=O) groups is 1. The molecule has 22 heavy (non-hydrogen) atoms. The summed E-state index contributed by atoms with van der Waals surface area (Å²) in [4.78, 5) is 12.4. The maximum atomic E-state index is 12.4. The zero-order chi connectivity index (χ0) is 15.9. The Bertz CT molecular complexity index is 513. The first-order chi connectivity index (χ1) is 10.7. The number of amides is 1. The molecule has 5 heteroatoms. The van der Waals surface area contributed by atoms with E-state index in [0.717, 1.165) is 19.3 Å². The van der Waals surface area contributed by atoms with Gasteiger partial charge in [-0.3, -0.25) is 4.79 Å². The van der Waals surface area contributed by atoms with Crippen LogP contribution < -0.4 is 14.8 Å². The largest absolute Gasteiger partial charge is 0.493 e. The van der Waals surface area contributed by atoms with Gasteiger partial charge in [-0.25, -0.2) is 0 Å². The summed E-state index contributed by atoms with van der Waals surface area (Å²) in [6.45, 7) is 2.58. The van der Waals surface area contributed by atoms with E-state index in [4.69, 9.17) is 21.1 Å². The summed E-state index contributed by atoms with van der Waals surface area (Å²) in [6, 6.07) is 3.60. The van der Waals surface area contributed by atoms with E-state index < -0.39 is 0 Å². The fourth-order valence-corrected chi connectivity index (χ4v) is 2.98. The molecule has 1 aliphatic carbocycles. The summed E-state index contributed by atoms with van der Waals surface area (Å²) in [5, 5.41) is 3.49. The molecule has 0 unspecified atom stereocenters. The van der Waals surface area contributed by atoms with E-state index in [-0.39, 0.29) is 11.9 Å². The molecule has 1 fully saturated rings. The molecule has 0 bridgehead atoms. The van der Waals surface area contributed by atoms with Gasteiger partial charge in [-0.15, -0.1) is 0 Å². The minimum Gasteiger partial charge on any atom is -0.493 e. The zero-order valence-corrected chi connectivity index (χ0v) is 14.0. The lowest BCUT2D eigenvalue weighted by molar-refractivity contribution is 0.0927. The number of halogens is 1. The normalized spacial score (nSPS) is 15.4. The van der Waals surface area contributed by atoms with Gasteiger partial charge in [-0.2, -0.15) is 0 Å². The van der Waals surface area contributed by atoms with E-state index in [9.17, 15) is 4.79 Å². The number of benzene rings is 1. The molecule has 0 spiro atoms. The molecule has 0 heterocycles. The van der Waals surface area contributed by atoms with Gasteiger partial charge < -0.3 is 14.8 Å². The van der Waals surface area contributed by atoms with Crippen molar-refractivity contribution in [1.29, 1.82) is 0 Å². The summed E-state index contributed by atoms with van der Waals surface area (Å²) in [7, 11) is 1.55. The van der Waals surface area contributed by atoms with E-state index in [1.807, 2.05) is 6.92 Å². The number of nitrogens with one attached hydrogen (secondary N) is 1. The van der Waals surface area contributed by atoms with Gasteiger partial charge in [0.2, 0.25) is 0 Å². The number of ether oxygens (including phenoxy) is 2. The Morgan fingerprint density at radius 3 is 2.68 bits per heavy atom. The zero-order valence-electron chi connectivity index (χ0n) is 13.3. The first-order valence-corrected chi connectivity index (χ1v) is 8.34. The molecule has 1 saturated carbocycles. The van der Waals surface area contributed by atoms with E-state index in [0.29, 0.717) is 28.7 Å². The molecule has 1 N–H and O–H groups in total. The van der Waals surface area contributed by atoms with Crippen LogP contribution in [0, 0.1) is 0 Å². The van der Waals surface area contributed by atoms with Gasteiger partial charge in [0.1, 0.15) is 0 Å². The molecule has 1 aliphatic rings. The highest BCUT2D eigenvalue weighted by Crippen LogP contribution is 2.36. The van der Waals surface area contributed by atoms with Crippen molar-refractivity contribution < 1.29 is 14.3 Å². The number of hydrogen-bond acceptors (Lipinski definition) is 3. The van der Waals surface area contributed by atoms with Crippen LogP contribution in [-0.4, -0.2) is 25.7 Å². The highest BCUT2D eigenvalue weighted by Gasteiger charge is 2.19. The lowest BCUT2D eigenvalue weighted by Crippen LogP contribution is -2.36. The molecule has 2 rings (SSSR count). The summed E-state index contributed by atoms with van der Waals surface area (Å²) < 4.78 is 10.9. The minimum atomic E-state index is -0.103. The third kappa shape index (κ3) is 4.29. The van der Waals surface area contributed by atoms with Crippen LogP contribution in [0.15, 0.2) is 12.1 Å². The highest BCUT2D eigenvalue weighted by atomic mass is 35.5. The lowest BCUT2D eigenvalue weighted by Gasteiger charge is -2.23. The number of hydrogen-bond donors (Lipinski definition) is 1. The second-order valence-corrected chi connectivity index (χ2v) is 6.05. The summed E-state index contributed by atoms with van der Waals surface area (Å²) in [5.41, 5.74) is 0.510. The fraction of sp³-hybridized carbons (Fsp3) is 0.588. The Kier molecular flexibility index (Phi) is 6.37. The average Bonchev–Trinajstić information content (AvgIpc) is 2.54. The minimum absolute atomic E-state index is 0.103. The van der Waals surface area contributed by atoms with Gasteiger partial charge >= 0.3 is 0 Å². The Balaban J connectivity index is 2.12. The first kappa shape index (κ1) is 16.9. The third-order valence-electron chi connectivity index (χ3n) is 3.88. The molecule has 0 aromatic heterocycles. The number of carbonyl (C=O) groups excluding carboxylic acids is 1. The molecular formula is C17H24ClNO3. The van der Waals surface area contributed by atoms with Gasteiger partial charge in [-0.05, 0) is 31.4 Å². The van der Waals surface area contributed by atoms with E-state index in [1.165, 1.54) is 19.3 Å². The van der Waals surface area contributed by atoms with E-state index in [2.05, 4.69) is 5.32 Å². The van der Waals surface area contributed by atoms with Crippen LogP contribution in [-0.2, 0) is 0 Å². The number of rotatable bonds is 6. The van der Waals surface area contributed by atoms with Gasteiger partial charge in [-0.1, -0.05) is 37.8 Å². The molecule has 1 aromatic rings. The molecule has 1 aromatic carbocycles. The maximum Gasteiger partial charge on any atom is 0.251 e.